The van der Waals surface area contributed by atoms with Crippen LogP contribution in [0.25, 0.3) is 0 Å². The summed E-state index contributed by atoms with van der Waals surface area (Å²) in [5.41, 5.74) is 0.675. The molecule has 1 aromatic rings. The summed E-state index contributed by atoms with van der Waals surface area (Å²) in [6.07, 6.45) is 7.75. The van der Waals surface area contributed by atoms with E-state index >= 15 is 0 Å². The highest BCUT2D eigenvalue weighted by Gasteiger charge is 2.32. The van der Waals surface area contributed by atoms with E-state index in [9.17, 15) is 4.79 Å². The summed E-state index contributed by atoms with van der Waals surface area (Å²) < 4.78 is 11.8. The molecular weight excluding hydrogens is 316 g/mol. The number of rotatable bonds is 5. The first-order chi connectivity index (χ1) is 12.3. The number of nitrogens with one attached hydrogen (secondary N) is 1. The van der Waals surface area contributed by atoms with E-state index in [2.05, 4.69) is 10.2 Å². The van der Waals surface area contributed by atoms with Gasteiger partial charge in [-0.1, -0.05) is 0 Å². The van der Waals surface area contributed by atoms with Crippen LogP contribution in [0.15, 0.2) is 24.3 Å². The first-order valence-corrected chi connectivity index (χ1v) is 9.68. The van der Waals surface area contributed by atoms with Crippen molar-refractivity contribution in [3.63, 3.8) is 0 Å². The highest BCUT2D eigenvalue weighted by atomic mass is 16.5. The third-order valence-corrected chi connectivity index (χ3v) is 5.67. The van der Waals surface area contributed by atoms with Gasteiger partial charge in [0.05, 0.1) is 18.8 Å². The van der Waals surface area contributed by atoms with E-state index in [1.807, 2.05) is 24.3 Å². The SMILES string of the molecule is O=C(NC[C@@H]1CN2CCC[C@H]2CO1)c1ccc(OC2CCCC2)cc1. The number of carbonyl (C=O) groups excluding carboxylic acids is 1. The van der Waals surface area contributed by atoms with E-state index in [-0.39, 0.29) is 12.0 Å². The van der Waals surface area contributed by atoms with Gasteiger partial charge >= 0.3 is 0 Å². The lowest BCUT2D eigenvalue weighted by Crippen LogP contribution is -2.50. The van der Waals surface area contributed by atoms with Crippen LogP contribution < -0.4 is 10.1 Å². The molecule has 1 amide bonds. The topological polar surface area (TPSA) is 50.8 Å². The predicted octanol–water partition coefficient (Wildman–Crippen LogP) is 2.60. The summed E-state index contributed by atoms with van der Waals surface area (Å²) in [6.45, 7) is 3.47. The summed E-state index contributed by atoms with van der Waals surface area (Å²) in [6, 6.07) is 8.09. The molecule has 5 heteroatoms. The van der Waals surface area contributed by atoms with Crippen LogP contribution in [0, 0.1) is 0 Å². The Morgan fingerprint density at radius 3 is 2.76 bits per heavy atom. The van der Waals surface area contributed by atoms with Crippen molar-refractivity contribution >= 4 is 5.91 Å². The van der Waals surface area contributed by atoms with Crippen LogP contribution in [0.4, 0.5) is 0 Å². The lowest BCUT2D eigenvalue weighted by Gasteiger charge is -2.35. The quantitative estimate of drug-likeness (QED) is 0.892. The molecule has 1 aliphatic carbocycles. The number of nitrogens with zero attached hydrogens (tertiary/aromatic N) is 1. The van der Waals surface area contributed by atoms with Gasteiger partial charge in [-0.25, -0.2) is 0 Å². The summed E-state index contributed by atoms with van der Waals surface area (Å²) in [7, 11) is 0. The van der Waals surface area contributed by atoms with E-state index < -0.39 is 0 Å². The van der Waals surface area contributed by atoms with Gasteiger partial charge in [-0.15, -0.1) is 0 Å². The number of hydrogen-bond acceptors (Lipinski definition) is 4. The van der Waals surface area contributed by atoms with E-state index in [0.29, 0.717) is 24.3 Å². The van der Waals surface area contributed by atoms with E-state index in [0.717, 1.165) is 31.7 Å². The Hall–Kier alpha value is -1.59. The molecule has 0 radical (unpaired) electrons. The Balaban J connectivity index is 1.24. The van der Waals surface area contributed by atoms with Crippen LogP contribution >= 0.6 is 0 Å². The van der Waals surface area contributed by atoms with Crippen molar-refractivity contribution in [2.75, 3.05) is 26.2 Å². The van der Waals surface area contributed by atoms with Crippen LogP contribution in [0.5, 0.6) is 5.75 Å². The largest absolute Gasteiger partial charge is 0.490 e. The van der Waals surface area contributed by atoms with Gasteiger partial charge in [0.15, 0.2) is 0 Å². The zero-order valence-corrected chi connectivity index (χ0v) is 14.8. The smallest absolute Gasteiger partial charge is 0.251 e. The first kappa shape index (κ1) is 16.9. The number of amides is 1. The lowest BCUT2D eigenvalue weighted by atomic mass is 10.1. The van der Waals surface area contributed by atoms with Crippen molar-refractivity contribution in [3.05, 3.63) is 29.8 Å². The molecule has 0 aromatic heterocycles. The third-order valence-electron chi connectivity index (χ3n) is 5.67. The van der Waals surface area contributed by atoms with Gasteiger partial charge in [0, 0.05) is 24.7 Å². The van der Waals surface area contributed by atoms with E-state index in [1.54, 1.807) is 0 Å². The van der Waals surface area contributed by atoms with E-state index in [1.165, 1.54) is 32.2 Å². The van der Waals surface area contributed by atoms with Crippen molar-refractivity contribution in [3.8, 4) is 5.75 Å². The number of carbonyl (C=O) groups is 1. The second kappa shape index (κ2) is 7.75. The van der Waals surface area contributed by atoms with Gasteiger partial charge in [0.2, 0.25) is 0 Å². The third kappa shape index (κ3) is 4.15. The Morgan fingerprint density at radius 1 is 1.16 bits per heavy atom. The highest BCUT2D eigenvalue weighted by Crippen LogP contribution is 2.24. The molecule has 1 saturated carbocycles. The van der Waals surface area contributed by atoms with Crippen LogP contribution in [-0.2, 0) is 4.74 Å². The van der Waals surface area contributed by atoms with Crippen molar-refractivity contribution < 1.29 is 14.3 Å². The van der Waals surface area contributed by atoms with Gasteiger partial charge in [-0.05, 0) is 69.3 Å². The van der Waals surface area contributed by atoms with Gasteiger partial charge in [0.25, 0.3) is 5.91 Å². The predicted molar refractivity (Wildman–Crippen MR) is 96.0 cm³/mol. The van der Waals surface area contributed by atoms with Gasteiger partial charge in [0.1, 0.15) is 5.75 Å². The Labute approximate surface area is 149 Å². The molecule has 2 atom stereocenters. The Kier molecular flexibility index (Phi) is 5.22. The van der Waals surface area contributed by atoms with E-state index in [4.69, 9.17) is 9.47 Å². The van der Waals surface area contributed by atoms with Crippen LogP contribution in [-0.4, -0.2) is 55.3 Å². The van der Waals surface area contributed by atoms with Crippen LogP contribution in [0.2, 0.25) is 0 Å². The van der Waals surface area contributed by atoms with Gasteiger partial charge < -0.3 is 14.8 Å². The number of benzene rings is 1. The molecule has 4 rings (SSSR count). The van der Waals surface area contributed by atoms with Crippen molar-refractivity contribution in [1.82, 2.24) is 10.2 Å². The molecular formula is C20H28N2O3. The summed E-state index contributed by atoms with van der Waals surface area (Å²) in [4.78, 5) is 14.8. The van der Waals surface area contributed by atoms with Crippen molar-refractivity contribution in [2.24, 2.45) is 0 Å². The molecule has 5 nitrogen and oxygen atoms in total. The molecule has 1 aromatic carbocycles. The number of ether oxygens (including phenoxy) is 2. The zero-order valence-electron chi connectivity index (χ0n) is 14.8. The molecule has 3 fully saturated rings. The maximum Gasteiger partial charge on any atom is 0.251 e. The molecule has 2 aliphatic heterocycles. The standard InChI is InChI=1S/C20H28N2O3/c23-20(21-12-19-13-22-11-3-4-16(22)14-24-19)15-7-9-18(10-8-15)25-17-5-1-2-6-17/h7-10,16-17,19H,1-6,11-14H2,(H,21,23)/t16-,19+/m0/s1. The second-order valence-corrected chi connectivity index (χ2v) is 7.51. The molecule has 0 unspecified atom stereocenters. The molecule has 2 heterocycles. The fourth-order valence-electron chi connectivity index (χ4n) is 4.20. The van der Waals surface area contributed by atoms with Gasteiger partial charge in [-0.3, -0.25) is 9.69 Å². The molecule has 25 heavy (non-hydrogen) atoms. The Bertz CT molecular complexity index is 583. The highest BCUT2D eigenvalue weighted by molar-refractivity contribution is 5.94. The fraction of sp³-hybridized carbons (Fsp3) is 0.650. The Morgan fingerprint density at radius 2 is 1.96 bits per heavy atom. The minimum absolute atomic E-state index is 0.0421. The maximum absolute atomic E-state index is 12.3. The minimum Gasteiger partial charge on any atom is -0.490 e. The normalized spacial score (nSPS) is 27.2. The summed E-state index contributed by atoms with van der Waals surface area (Å²) >= 11 is 0. The maximum atomic E-state index is 12.3. The first-order valence-electron chi connectivity index (χ1n) is 9.68. The molecule has 2 saturated heterocycles. The molecule has 136 valence electrons. The monoisotopic (exact) mass is 344 g/mol. The molecule has 0 bridgehead atoms. The number of morpholine rings is 1. The van der Waals surface area contributed by atoms with Crippen molar-refractivity contribution in [1.29, 1.82) is 0 Å². The molecule has 0 spiro atoms. The average molecular weight is 344 g/mol. The van der Waals surface area contributed by atoms with Crippen LogP contribution in [0.3, 0.4) is 0 Å². The van der Waals surface area contributed by atoms with Crippen LogP contribution in [0.1, 0.15) is 48.9 Å². The summed E-state index contributed by atoms with van der Waals surface area (Å²) in [5.74, 6) is 0.818. The second-order valence-electron chi connectivity index (χ2n) is 7.51. The summed E-state index contributed by atoms with van der Waals surface area (Å²) in [5, 5.41) is 3.01. The molecule has 3 aliphatic rings. The fourth-order valence-corrected chi connectivity index (χ4v) is 4.20. The number of fused-ring (bicyclic) bond motifs is 1. The lowest BCUT2D eigenvalue weighted by molar-refractivity contribution is -0.0461. The molecule has 1 N–H and O–H groups in total. The zero-order chi connectivity index (χ0) is 17.1. The number of hydrogen-bond donors (Lipinski definition) is 1. The minimum atomic E-state index is -0.0421. The van der Waals surface area contributed by atoms with Gasteiger partial charge in [-0.2, -0.15) is 0 Å². The average Bonchev–Trinajstić information content (AvgIpc) is 3.31. The van der Waals surface area contributed by atoms with Crippen molar-refractivity contribution in [2.45, 2.75) is 56.8 Å².